The molecule has 0 aliphatic heterocycles. The maximum atomic E-state index is 12.1. The Morgan fingerprint density at radius 2 is 1.63 bits per heavy atom. The number of benzene rings is 3. The number of carboxylic acid groups (broad SMARTS) is 1. The van der Waals surface area contributed by atoms with Crippen LogP contribution in [-0.2, 0) is 29.2 Å². The Kier molecular flexibility index (Phi) is 7.01. The second kappa shape index (κ2) is 10.6. The maximum Gasteiger partial charge on any atom is 0.303 e. The third-order valence-electron chi connectivity index (χ3n) is 9.71. The summed E-state index contributed by atoms with van der Waals surface area (Å²) in [7, 11) is 0. The van der Waals surface area contributed by atoms with Crippen LogP contribution >= 0.6 is 0 Å². The summed E-state index contributed by atoms with van der Waals surface area (Å²) in [6.07, 6.45) is 5.69. The van der Waals surface area contributed by atoms with Gasteiger partial charge in [0.2, 0.25) is 0 Å². The van der Waals surface area contributed by atoms with Crippen LogP contribution in [0.15, 0.2) is 78.9 Å². The van der Waals surface area contributed by atoms with E-state index in [1.165, 1.54) is 23.1 Å². The molecule has 1 N–H and O–H groups in total. The number of hydrogen-bond donors (Lipinski definition) is 1. The minimum Gasteiger partial charge on any atom is -0.489 e. The number of rotatable bonds is 8. The van der Waals surface area contributed by atoms with Crippen LogP contribution in [0.25, 0.3) is 0 Å². The van der Waals surface area contributed by atoms with E-state index in [1.807, 2.05) is 24.3 Å². The molecule has 4 heteroatoms. The molecule has 3 aliphatic carbocycles. The van der Waals surface area contributed by atoms with Crippen molar-refractivity contribution < 1.29 is 19.4 Å². The van der Waals surface area contributed by atoms with Crippen molar-refractivity contribution >= 4 is 5.97 Å². The molecule has 3 aromatic rings. The van der Waals surface area contributed by atoms with E-state index in [2.05, 4.69) is 61.5 Å². The molecule has 0 saturated heterocycles. The second-order valence-corrected chi connectivity index (χ2v) is 11.9. The smallest absolute Gasteiger partial charge is 0.303 e. The number of carboxylic acids is 1. The molecule has 3 aromatic carbocycles. The van der Waals surface area contributed by atoms with Gasteiger partial charge in [-0.3, -0.25) is 4.79 Å². The summed E-state index contributed by atoms with van der Waals surface area (Å²) in [5.41, 5.74) is 5.07. The molecule has 0 heterocycles. The Labute approximate surface area is 226 Å². The molecule has 2 saturated carbocycles. The van der Waals surface area contributed by atoms with Gasteiger partial charge in [0.25, 0.3) is 0 Å². The van der Waals surface area contributed by atoms with E-state index in [0.29, 0.717) is 31.0 Å². The van der Waals surface area contributed by atoms with Gasteiger partial charge in [-0.2, -0.15) is 0 Å². The first-order valence-electron chi connectivity index (χ1n) is 14.2. The molecular weight excluding hydrogens is 472 g/mol. The number of aliphatic carboxylic acids is 1. The molecule has 0 aromatic heterocycles. The average Bonchev–Trinajstić information content (AvgIpc) is 3.26. The fourth-order valence-corrected chi connectivity index (χ4v) is 8.12. The van der Waals surface area contributed by atoms with Crippen molar-refractivity contribution in [2.24, 2.45) is 23.2 Å². The van der Waals surface area contributed by atoms with Gasteiger partial charge in [-0.25, -0.2) is 0 Å². The van der Waals surface area contributed by atoms with E-state index in [1.54, 1.807) is 0 Å². The highest BCUT2D eigenvalue weighted by Gasteiger charge is 2.58. The summed E-state index contributed by atoms with van der Waals surface area (Å²) < 4.78 is 12.7. The number of aryl methyl sites for hydroxylation is 1. The Balaban J connectivity index is 1.23. The van der Waals surface area contributed by atoms with Gasteiger partial charge in [-0.1, -0.05) is 73.7 Å². The van der Waals surface area contributed by atoms with Gasteiger partial charge in [0, 0.05) is 6.42 Å². The van der Waals surface area contributed by atoms with Crippen molar-refractivity contribution in [1.82, 2.24) is 0 Å². The Morgan fingerprint density at radius 1 is 0.921 bits per heavy atom. The third kappa shape index (κ3) is 4.87. The molecule has 38 heavy (non-hydrogen) atoms. The minimum absolute atomic E-state index is 0.0201. The van der Waals surface area contributed by atoms with Crippen molar-refractivity contribution in [3.8, 4) is 5.75 Å². The predicted octanol–water partition coefficient (Wildman–Crippen LogP) is 7.41. The van der Waals surface area contributed by atoms with Crippen LogP contribution < -0.4 is 4.74 Å². The molecule has 6 rings (SSSR count). The highest BCUT2D eigenvalue weighted by Crippen LogP contribution is 2.64. The third-order valence-corrected chi connectivity index (χ3v) is 9.71. The number of ether oxygens (including phenoxy) is 2. The zero-order chi connectivity index (χ0) is 26.1. The highest BCUT2D eigenvalue weighted by atomic mass is 16.5. The van der Waals surface area contributed by atoms with Gasteiger partial charge in [0.1, 0.15) is 12.4 Å². The van der Waals surface area contributed by atoms with Gasteiger partial charge in [-0.15, -0.1) is 0 Å². The molecule has 0 spiro atoms. The van der Waals surface area contributed by atoms with E-state index in [9.17, 15) is 9.90 Å². The zero-order valence-corrected chi connectivity index (χ0v) is 22.2. The van der Waals surface area contributed by atoms with Gasteiger partial charge < -0.3 is 14.6 Å². The van der Waals surface area contributed by atoms with Crippen molar-refractivity contribution in [2.75, 3.05) is 0 Å². The standard InChI is InChI=1S/C34H38O4/c1-34-20-26(19-32(35)36)33-28-15-13-27(37-21-23-8-4-2-5-9-23)18-25(28)12-14-29(33)30(34)16-17-31(34)38-22-24-10-6-3-7-11-24/h2-11,13,15,18,26,29-31,33H,12,14,16-17,19-22H2,1H3,(H,35,36)/t26-,29-,30-,31-,33+,34-/m0/s1. The summed E-state index contributed by atoms with van der Waals surface area (Å²) in [5.74, 6) is 1.70. The zero-order valence-electron chi connectivity index (χ0n) is 22.2. The fraction of sp³-hybridized carbons (Fsp3) is 0.441. The molecule has 0 bridgehead atoms. The molecule has 0 amide bonds. The fourth-order valence-electron chi connectivity index (χ4n) is 8.12. The van der Waals surface area contributed by atoms with E-state index in [4.69, 9.17) is 9.47 Å². The van der Waals surface area contributed by atoms with Gasteiger partial charge in [-0.05, 0) is 95.6 Å². The maximum absolute atomic E-state index is 12.1. The SMILES string of the molecule is C[C@]12C[C@H](CC(=O)O)[C@@H]3c4ccc(OCc5ccccc5)cc4CC[C@H]3[C@@H]1CC[C@@H]2OCc1ccccc1. The van der Waals surface area contributed by atoms with E-state index in [-0.39, 0.29) is 23.9 Å². The monoisotopic (exact) mass is 510 g/mol. The molecule has 0 radical (unpaired) electrons. The van der Waals surface area contributed by atoms with Crippen LogP contribution in [0.4, 0.5) is 0 Å². The van der Waals surface area contributed by atoms with Gasteiger partial charge >= 0.3 is 5.97 Å². The molecule has 6 atom stereocenters. The lowest BCUT2D eigenvalue weighted by Gasteiger charge is -2.54. The molecule has 198 valence electrons. The molecule has 4 nitrogen and oxygen atoms in total. The molecule has 2 fully saturated rings. The number of carbonyl (C=O) groups is 1. The number of hydrogen-bond acceptors (Lipinski definition) is 3. The van der Waals surface area contributed by atoms with Crippen molar-refractivity contribution in [1.29, 1.82) is 0 Å². The second-order valence-electron chi connectivity index (χ2n) is 11.9. The lowest BCUT2D eigenvalue weighted by Crippen LogP contribution is -2.48. The summed E-state index contributed by atoms with van der Waals surface area (Å²) in [6.45, 7) is 3.57. The number of fused-ring (bicyclic) bond motifs is 5. The Hall–Kier alpha value is -3.11. The van der Waals surface area contributed by atoms with Crippen LogP contribution in [0.5, 0.6) is 5.75 Å². The van der Waals surface area contributed by atoms with Crippen LogP contribution in [0, 0.1) is 23.2 Å². The summed E-state index contributed by atoms with van der Waals surface area (Å²) >= 11 is 0. The van der Waals surface area contributed by atoms with Crippen LogP contribution in [0.1, 0.15) is 67.2 Å². The first-order valence-corrected chi connectivity index (χ1v) is 14.2. The lowest BCUT2D eigenvalue weighted by atomic mass is 9.51. The van der Waals surface area contributed by atoms with Gasteiger partial charge in [0.05, 0.1) is 12.7 Å². The van der Waals surface area contributed by atoms with E-state index >= 15 is 0 Å². The Morgan fingerprint density at radius 3 is 2.34 bits per heavy atom. The molecule has 3 aliphatic rings. The summed E-state index contributed by atoms with van der Waals surface area (Å²) in [4.78, 5) is 12.1. The quantitative estimate of drug-likeness (QED) is 0.343. The lowest BCUT2D eigenvalue weighted by molar-refractivity contribution is -0.141. The molecule has 0 unspecified atom stereocenters. The summed E-state index contributed by atoms with van der Waals surface area (Å²) in [6, 6.07) is 27.2. The van der Waals surface area contributed by atoms with Gasteiger partial charge in [0.15, 0.2) is 0 Å². The first-order chi connectivity index (χ1) is 18.5. The van der Waals surface area contributed by atoms with E-state index in [0.717, 1.165) is 37.0 Å². The normalized spacial score (nSPS) is 29.7. The van der Waals surface area contributed by atoms with Crippen LogP contribution in [-0.4, -0.2) is 17.2 Å². The topological polar surface area (TPSA) is 55.8 Å². The highest BCUT2D eigenvalue weighted by molar-refractivity contribution is 5.67. The van der Waals surface area contributed by atoms with Crippen LogP contribution in [0.3, 0.4) is 0 Å². The van der Waals surface area contributed by atoms with E-state index < -0.39 is 5.97 Å². The minimum atomic E-state index is -0.689. The first kappa shape index (κ1) is 25.2. The van der Waals surface area contributed by atoms with Crippen molar-refractivity contribution in [3.63, 3.8) is 0 Å². The predicted molar refractivity (Wildman–Crippen MR) is 148 cm³/mol. The largest absolute Gasteiger partial charge is 0.489 e. The van der Waals surface area contributed by atoms with Crippen molar-refractivity contribution in [3.05, 3.63) is 101 Å². The van der Waals surface area contributed by atoms with Crippen LogP contribution in [0.2, 0.25) is 0 Å². The average molecular weight is 511 g/mol. The summed E-state index contributed by atoms with van der Waals surface area (Å²) in [5, 5.41) is 9.92. The Bertz CT molecular complexity index is 1260. The molecular formula is C34H38O4. The van der Waals surface area contributed by atoms with Crippen molar-refractivity contribution in [2.45, 2.75) is 70.7 Å².